The highest BCUT2D eigenvalue weighted by Gasteiger charge is 2.34. The van der Waals surface area contributed by atoms with E-state index >= 15 is 0 Å². The molecule has 0 amide bonds. The summed E-state index contributed by atoms with van der Waals surface area (Å²) in [6.07, 6.45) is 3.95. The lowest BCUT2D eigenvalue weighted by Gasteiger charge is -2.33. The van der Waals surface area contributed by atoms with E-state index in [0.717, 1.165) is 62.0 Å². The maximum absolute atomic E-state index is 13.1. The molecular formula is C24H28FNO3. The molecule has 1 unspecified atom stereocenters. The summed E-state index contributed by atoms with van der Waals surface area (Å²) in [6, 6.07) is 10.6. The van der Waals surface area contributed by atoms with Crippen LogP contribution in [0.25, 0.3) is 0 Å². The molecule has 0 aromatic heterocycles. The van der Waals surface area contributed by atoms with Gasteiger partial charge in [0, 0.05) is 18.0 Å². The van der Waals surface area contributed by atoms with Crippen molar-refractivity contribution in [2.75, 3.05) is 27.3 Å². The van der Waals surface area contributed by atoms with Gasteiger partial charge in [-0.1, -0.05) is 12.1 Å². The molecule has 2 aliphatic rings. The number of piperidine rings is 1. The van der Waals surface area contributed by atoms with Gasteiger partial charge in [-0.3, -0.25) is 9.69 Å². The van der Waals surface area contributed by atoms with Crippen LogP contribution in [0.2, 0.25) is 0 Å². The van der Waals surface area contributed by atoms with Crippen molar-refractivity contribution in [3.8, 4) is 11.5 Å². The third-order valence-corrected chi connectivity index (χ3v) is 6.36. The number of carbonyl (C=O) groups is 1. The Bertz CT molecular complexity index is 872. The second kappa shape index (κ2) is 8.54. The summed E-state index contributed by atoms with van der Waals surface area (Å²) in [4.78, 5) is 15.4. The van der Waals surface area contributed by atoms with Gasteiger partial charge in [-0.15, -0.1) is 0 Å². The van der Waals surface area contributed by atoms with Gasteiger partial charge in [0.1, 0.15) is 5.82 Å². The van der Waals surface area contributed by atoms with Crippen LogP contribution < -0.4 is 9.47 Å². The van der Waals surface area contributed by atoms with Crippen molar-refractivity contribution >= 4 is 5.78 Å². The molecule has 5 heteroatoms. The Morgan fingerprint density at radius 1 is 1.03 bits per heavy atom. The molecule has 1 heterocycles. The predicted molar refractivity (Wildman–Crippen MR) is 110 cm³/mol. The van der Waals surface area contributed by atoms with Crippen molar-refractivity contribution < 1.29 is 18.7 Å². The molecule has 0 N–H and O–H groups in total. The SMILES string of the molecule is COc1cc2c(cc1OC)C(=O)C(CC1CCN(Cc3ccc([18F])cc3)CC1)C2. The van der Waals surface area contributed by atoms with Gasteiger partial charge in [0.05, 0.1) is 14.2 Å². The maximum atomic E-state index is 13.1. The van der Waals surface area contributed by atoms with Gasteiger partial charge in [0.2, 0.25) is 0 Å². The van der Waals surface area contributed by atoms with E-state index in [4.69, 9.17) is 9.47 Å². The molecule has 2 aromatic carbocycles. The van der Waals surface area contributed by atoms with Crippen LogP contribution >= 0.6 is 0 Å². The number of halogens is 1. The van der Waals surface area contributed by atoms with E-state index in [1.165, 1.54) is 12.1 Å². The molecule has 0 saturated carbocycles. The van der Waals surface area contributed by atoms with Gasteiger partial charge < -0.3 is 9.47 Å². The van der Waals surface area contributed by atoms with Crippen LogP contribution in [0.4, 0.5) is 4.39 Å². The van der Waals surface area contributed by atoms with Crippen molar-refractivity contribution in [1.29, 1.82) is 0 Å². The lowest BCUT2D eigenvalue weighted by Crippen LogP contribution is -2.34. The number of ether oxygens (including phenoxy) is 2. The number of hydrogen-bond acceptors (Lipinski definition) is 4. The number of hydrogen-bond donors (Lipinski definition) is 0. The van der Waals surface area contributed by atoms with E-state index in [-0.39, 0.29) is 17.5 Å². The Balaban J connectivity index is 1.32. The Hall–Kier alpha value is -2.40. The molecule has 0 spiro atoms. The van der Waals surface area contributed by atoms with E-state index < -0.39 is 0 Å². The van der Waals surface area contributed by atoms with Crippen LogP contribution in [0.15, 0.2) is 36.4 Å². The highest BCUT2D eigenvalue weighted by atomic mass is 18.2. The topological polar surface area (TPSA) is 38.8 Å². The van der Waals surface area contributed by atoms with Crippen molar-refractivity contribution in [3.63, 3.8) is 0 Å². The summed E-state index contributed by atoms with van der Waals surface area (Å²) in [5, 5.41) is 0. The van der Waals surface area contributed by atoms with Crippen LogP contribution in [-0.2, 0) is 13.0 Å². The van der Waals surface area contributed by atoms with Crippen molar-refractivity contribution in [2.24, 2.45) is 11.8 Å². The average Bonchev–Trinajstić information content (AvgIpc) is 3.04. The molecule has 4 nitrogen and oxygen atoms in total. The first-order chi connectivity index (χ1) is 14.1. The average molecular weight is 396 g/mol. The summed E-state index contributed by atoms with van der Waals surface area (Å²) in [5.74, 6) is 2.00. The van der Waals surface area contributed by atoms with E-state index in [1.54, 1.807) is 14.2 Å². The lowest BCUT2D eigenvalue weighted by molar-refractivity contribution is 0.0895. The molecule has 0 radical (unpaired) electrons. The fourth-order valence-corrected chi connectivity index (χ4v) is 4.72. The minimum absolute atomic E-state index is 0.0652. The molecule has 4 rings (SSSR count). The predicted octanol–water partition coefficient (Wildman–Crippen LogP) is 4.50. The van der Waals surface area contributed by atoms with E-state index in [9.17, 15) is 9.18 Å². The lowest BCUT2D eigenvalue weighted by atomic mass is 9.85. The molecule has 1 fully saturated rings. The normalized spacial score (nSPS) is 20.0. The number of likely N-dealkylation sites (tertiary alicyclic amines) is 1. The van der Waals surface area contributed by atoms with Crippen molar-refractivity contribution in [3.05, 3.63) is 58.9 Å². The highest BCUT2D eigenvalue weighted by molar-refractivity contribution is 6.02. The van der Waals surface area contributed by atoms with Gasteiger partial charge in [-0.2, -0.15) is 0 Å². The quantitative estimate of drug-likeness (QED) is 0.721. The highest BCUT2D eigenvalue weighted by Crippen LogP contribution is 2.39. The Kier molecular flexibility index (Phi) is 5.86. The molecule has 1 aliphatic carbocycles. The molecule has 1 saturated heterocycles. The Labute approximate surface area is 171 Å². The van der Waals surface area contributed by atoms with Gasteiger partial charge >= 0.3 is 0 Å². The summed E-state index contributed by atoms with van der Waals surface area (Å²) in [5.41, 5.74) is 3.02. The zero-order valence-electron chi connectivity index (χ0n) is 17.1. The largest absolute Gasteiger partial charge is 0.493 e. The van der Waals surface area contributed by atoms with Gasteiger partial charge in [-0.25, -0.2) is 4.39 Å². The van der Waals surface area contributed by atoms with Crippen molar-refractivity contribution in [2.45, 2.75) is 32.2 Å². The number of carbonyl (C=O) groups excluding carboxylic acids is 1. The van der Waals surface area contributed by atoms with Crippen LogP contribution in [-0.4, -0.2) is 38.0 Å². The molecule has 1 aliphatic heterocycles. The number of nitrogens with zero attached hydrogens (tertiary/aromatic N) is 1. The minimum Gasteiger partial charge on any atom is -0.493 e. The van der Waals surface area contributed by atoms with Crippen LogP contribution in [0.1, 0.15) is 40.7 Å². The first-order valence-electron chi connectivity index (χ1n) is 10.3. The van der Waals surface area contributed by atoms with Crippen LogP contribution in [0.3, 0.4) is 0 Å². The van der Waals surface area contributed by atoms with Gasteiger partial charge in [-0.05, 0) is 80.1 Å². The second-order valence-corrected chi connectivity index (χ2v) is 8.21. The van der Waals surface area contributed by atoms with Crippen molar-refractivity contribution in [1.82, 2.24) is 4.90 Å². The molecule has 2 aromatic rings. The molecule has 0 bridgehead atoms. The minimum atomic E-state index is -0.190. The standard InChI is InChI=1S/C24H28FNO3/c1-28-22-13-18-12-19(24(27)21(18)14-23(22)29-2)11-16-7-9-26(10-8-16)15-17-3-5-20(25)6-4-17/h3-6,13-14,16,19H,7-12,15H2,1-2H3/i25-1. The van der Waals surface area contributed by atoms with Crippen LogP contribution in [0.5, 0.6) is 11.5 Å². The number of ketones is 1. The number of Topliss-reactive ketones (excluding diaryl/α,β-unsaturated/α-hetero) is 1. The van der Waals surface area contributed by atoms with E-state index in [2.05, 4.69) is 4.90 Å². The maximum Gasteiger partial charge on any atom is 0.166 e. The number of fused-ring (bicyclic) bond motifs is 1. The first-order valence-corrected chi connectivity index (χ1v) is 10.3. The fraction of sp³-hybridized carbons (Fsp3) is 0.458. The van der Waals surface area contributed by atoms with Gasteiger partial charge in [0.25, 0.3) is 0 Å². The summed E-state index contributed by atoms with van der Waals surface area (Å²) < 4.78 is 23.8. The Morgan fingerprint density at radius 2 is 1.69 bits per heavy atom. The monoisotopic (exact) mass is 396 g/mol. The molecular weight excluding hydrogens is 368 g/mol. The van der Waals surface area contributed by atoms with E-state index in [0.29, 0.717) is 17.4 Å². The smallest absolute Gasteiger partial charge is 0.166 e. The summed E-state index contributed by atoms with van der Waals surface area (Å²) >= 11 is 0. The fourth-order valence-electron chi connectivity index (χ4n) is 4.72. The second-order valence-electron chi connectivity index (χ2n) is 8.21. The molecule has 29 heavy (non-hydrogen) atoms. The zero-order valence-corrected chi connectivity index (χ0v) is 17.1. The zero-order chi connectivity index (χ0) is 20.4. The Morgan fingerprint density at radius 3 is 2.34 bits per heavy atom. The number of rotatable bonds is 6. The summed E-state index contributed by atoms with van der Waals surface area (Å²) in [6.45, 7) is 2.91. The van der Waals surface area contributed by atoms with E-state index in [1.807, 2.05) is 24.3 Å². The van der Waals surface area contributed by atoms with Gasteiger partial charge in [0.15, 0.2) is 17.3 Å². The van der Waals surface area contributed by atoms with Crippen LogP contribution in [0, 0.1) is 17.7 Å². The number of methoxy groups -OCH3 is 2. The molecule has 1 atom stereocenters. The third kappa shape index (κ3) is 4.30. The number of benzene rings is 2. The molecule has 154 valence electrons. The first kappa shape index (κ1) is 19.9. The summed E-state index contributed by atoms with van der Waals surface area (Å²) in [7, 11) is 3.22. The third-order valence-electron chi connectivity index (χ3n) is 6.36.